The van der Waals surface area contributed by atoms with E-state index in [4.69, 9.17) is 32.7 Å². The molecule has 1 unspecified atom stereocenters. The number of benzene rings is 2. The van der Waals surface area contributed by atoms with Gasteiger partial charge in [-0.3, -0.25) is 0 Å². The van der Waals surface area contributed by atoms with Gasteiger partial charge in [0.25, 0.3) is 0 Å². The third-order valence-corrected chi connectivity index (χ3v) is 5.48. The van der Waals surface area contributed by atoms with Gasteiger partial charge in [-0.15, -0.1) is 0 Å². The zero-order valence-electron chi connectivity index (χ0n) is 17.4. The van der Waals surface area contributed by atoms with E-state index in [2.05, 4.69) is 32.9 Å². The molecule has 0 fully saturated rings. The maximum absolute atomic E-state index is 6.07. The number of halogens is 2. The Morgan fingerprint density at radius 3 is 2.14 bits per heavy atom. The lowest BCUT2D eigenvalue weighted by molar-refractivity contribution is 0.276. The number of hydrogen-bond donors (Lipinski definition) is 0. The van der Waals surface area contributed by atoms with Crippen LogP contribution in [0.25, 0.3) is 11.1 Å². The number of alkyl halides is 2. The van der Waals surface area contributed by atoms with E-state index in [0.29, 0.717) is 11.7 Å². The third-order valence-electron chi connectivity index (χ3n) is 5.01. The fourth-order valence-electron chi connectivity index (χ4n) is 3.22. The van der Waals surface area contributed by atoms with E-state index in [1.807, 2.05) is 30.3 Å². The zero-order valence-corrected chi connectivity index (χ0v) is 18.9. The Bertz CT molecular complexity index is 711. The minimum Gasteiger partial charge on any atom is -0.496 e. The van der Waals surface area contributed by atoms with Gasteiger partial charge in [-0.05, 0) is 53.6 Å². The van der Waals surface area contributed by atoms with Crippen LogP contribution < -0.4 is 9.47 Å². The summed E-state index contributed by atoms with van der Waals surface area (Å²) >= 11 is 12.1. The van der Waals surface area contributed by atoms with E-state index < -0.39 is 4.84 Å². The summed E-state index contributed by atoms with van der Waals surface area (Å²) < 4.78 is 11.3. The van der Waals surface area contributed by atoms with Gasteiger partial charge in [-0.25, -0.2) is 0 Å². The third kappa shape index (κ3) is 7.22. The first-order chi connectivity index (χ1) is 13.4. The summed E-state index contributed by atoms with van der Waals surface area (Å²) in [5.74, 6) is 3.10. The van der Waals surface area contributed by atoms with Crippen LogP contribution in [0, 0.1) is 11.8 Å². The molecule has 2 rings (SSSR count). The molecule has 0 saturated carbocycles. The highest BCUT2D eigenvalue weighted by Crippen LogP contribution is 2.36. The highest BCUT2D eigenvalue weighted by molar-refractivity contribution is 6.44. The van der Waals surface area contributed by atoms with Crippen molar-refractivity contribution in [2.75, 3.05) is 13.7 Å². The number of ether oxygens (including phenoxy) is 2. The summed E-state index contributed by atoms with van der Waals surface area (Å²) in [4.78, 5) is -0.625. The average Bonchev–Trinajstić information content (AvgIpc) is 2.67. The molecule has 0 amide bonds. The van der Waals surface area contributed by atoms with Gasteiger partial charge >= 0.3 is 0 Å². The summed E-state index contributed by atoms with van der Waals surface area (Å²) in [5, 5.41) is 0. The molecule has 2 aromatic rings. The van der Waals surface area contributed by atoms with Gasteiger partial charge in [0.2, 0.25) is 0 Å². The molecule has 0 aliphatic heterocycles. The summed E-state index contributed by atoms with van der Waals surface area (Å²) in [6, 6.07) is 14.0. The van der Waals surface area contributed by atoms with Crippen molar-refractivity contribution in [2.45, 2.75) is 51.3 Å². The van der Waals surface area contributed by atoms with Crippen LogP contribution in [-0.4, -0.2) is 13.7 Å². The monoisotopic (exact) mass is 422 g/mol. The summed E-state index contributed by atoms with van der Waals surface area (Å²) in [6.45, 7) is 7.64. The number of hydrogen-bond acceptors (Lipinski definition) is 2. The smallest absolute Gasteiger partial charge is 0.136 e. The second kappa shape index (κ2) is 11.6. The molecule has 2 aromatic carbocycles. The van der Waals surface area contributed by atoms with E-state index in [-0.39, 0.29) is 0 Å². The molecular weight excluding hydrogens is 391 g/mol. The van der Waals surface area contributed by atoms with Gasteiger partial charge in [-0.1, -0.05) is 81.4 Å². The lowest BCUT2D eigenvalue weighted by atomic mass is 9.98. The predicted molar refractivity (Wildman–Crippen MR) is 121 cm³/mol. The van der Waals surface area contributed by atoms with Crippen molar-refractivity contribution in [3.63, 3.8) is 0 Å². The zero-order chi connectivity index (χ0) is 20.5. The van der Waals surface area contributed by atoms with Crippen molar-refractivity contribution < 1.29 is 9.47 Å². The first kappa shape index (κ1) is 22.9. The quantitative estimate of drug-likeness (QED) is 0.340. The molecule has 0 aliphatic carbocycles. The molecule has 154 valence electrons. The van der Waals surface area contributed by atoms with Gasteiger partial charge in [-0.2, -0.15) is 0 Å². The molecule has 4 heteroatoms. The molecule has 0 spiro atoms. The van der Waals surface area contributed by atoms with Crippen LogP contribution in [0.4, 0.5) is 0 Å². The summed E-state index contributed by atoms with van der Waals surface area (Å²) in [5.41, 5.74) is 2.91. The summed E-state index contributed by atoms with van der Waals surface area (Å²) in [6.07, 6.45) is 4.99. The minimum absolute atomic E-state index is 0.625. The normalized spacial score (nSPS) is 12.4. The molecular formula is C24H32Cl2O2. The standard InChI is InChI=1S/C24H32Cl2O2/c1-17(2)6-5-7-18(3)14-15-28-21-11-8-19(9-12-21)20-10-13-23(27-4)22(16-20)24(25)26/h8-13,16-18,24H,5-7,14-15H2,1-4H3. The Labute approximate surface area is 180 Å². The van der Waals surface area contributed by atoms with E-state index in [1.54, 1.807) is 7.11 Å². The molecule has 0 heterocycles. The summed E-state index contributed by atoms with van der Waals surface area (Å²) in [7, 11) is 1.62. The van der Waals surface area contributed by atoms with E-state index >= 15 is 0 Å². The van der Waals surface area contributed by atoms with E-state index in [0.717, 1.165) is 41.4 Å². The fourth-order valence-corrected chi connectivity index (χ4v) is 3.57. The molecule has 0 bridgehead atoms. The molecule has 0 radical (unpaired) electrons. The molecule has 1 atom stereocenters. The van der Waals surface area contributed by atoms with Gasteiger partial charge in [0.15, 0.2) is 0 Å². The van der Waals surface area contributed by atoms with Crippen molar-refractivity contribution in [1.29, 1.82) is 0 Å². The Morgan fingerprint density at radius 1 is 0.857 bits per heavy atom. The van der Waals surface area contributed by atoms with E-state index in [9.17, 15) is 0 Å². The predicted octanol–water partition coefficient (Wildman–Crippen LogP) is 8.07. The van der Waals surface area contributed by atoms with Crippen molar-refractivity contribution in [3.05, 3.63) is 48.0 Å². The highest BCUT2D eigenvalue weighted by atomic mass is 35.5. The van der Waals surface area contributed by atoms with Crippen molar-refractivity contribution in [1.82, 2.24) is 0 Å². The molecule has 0 N–H and O–H groups in total. The van der Waals surface area contributed by atoms with Crippen molar-refractivity contribution in [2.24, 2.45) is 11.8 Å². The first-order valence-electron chi connectivity index (χ1n) is 10.1. The topological polar surface area (TPSA) is 18.5 Å². The average molecular weight is 423 g/mol. The van der Waals surface area contributed by atoms with Crippen LogP contribution in [0.5, 0.6) is 11.5 Å². The van der Waals surface area contributed by atoms with Crippen LogP contribution in [0.1, 0.15) is 56.9 Å². The lowest BCUT2D eigenvalue weighted by Crippen LogP contribution is -2.04. The Morgan fingerprint density at radius 2 is 1.54 bits per heavy atom. The second-order valence-corrected chi connectivity index (χ2v) is 8.95. The maximum atomic E-state index is 6.07. The first-order valence-corrected chi connectivity index (χ1v) is 11.0. The number of rotatable bonds is 11. The largest absolute Gasteiger partial charge is 0.496 e. The highest BCUT2D eigenvalue weighted by Gasteiger charge is 2.12. The molecule has 0 saturated heterocycles. The molecule has 2 nitrogen and oxygen atoms in total. The SMILES string of the molecule is COc1ccc(-c2ccc(OCCC(C)CCCC(C)C)cc2)cc1C(Cl)Cl. The van der Waals surface area contributed by atoms with E-state index in [1.165, 1.54) is 19.3 Å². The van der Waals surface area contributed by atoms with Crippen LogP contribution >= 0.6 is 23.2 Å². The van der Waals surface area contributed by atoms with Gasteiger partial charge < -0.3 is 9.47 Å². The maximum Gasteiger partial charge on any atom is 0.136 e. The minimum atomic E-state index is -0.625. The van der Waals surface area contributed by atoms with Gasteiger partial charge in [0.1, 0.15) is 16.3 Å². The van der Waals surface area contributed by atoms with Crippen molar-refractivity contribution >= 4 is 23.2 Å². The lowest BCUT2D eigenvalue weighted by Gasteiger charge is -2.14. The van der Waals surface area contributed by atoms with Crippen LogP contribution in [0.15, 0.2) is 42.5 Å². The Hall–Kier alpha value is -1.38. The fraction of sp³-hybridized carbons (Fsp3) is 0.500. The second-order valence-electron chi connectivity index (χ2n) is 7.85. The Balaban J connectivity index is 1.89. The Kier molecular flexibility index (Phi) is 9.47. The van der Waals surface area contributed by atoms with Gasteiger partial charge in [0.05, 0.1) is 13.7 Å². The van der Waals surface area contributed by atoms with Crippen molar-refractivity contribution in [3.8, 4) is 22.6 Å². The molecule has 0 aromatic heterocycles. The number of methoxy groups -OCH3 is 1. The molecule has 0 aliphatic rings. The van der Waals surface area contributed by atoms with Crippen LogP contribution in [0.3, 0.4) is 0 Å². The van der Waals surface area contributed by atoms with Crippen LogP contribution in [-0.2, 0) is 0 Å². The molecule has 28 heavy (non-hydrogen) atoms. The van der Waals surface area contributed by atoms with Gasteiger partial charge in [0, 0.05) is 5.56 Å². The van der Waals surface area contributed by atoms with Crippen LogP contribution in [0.2, 0.25) is 0 Å².